The molecule has 196 valence electrons. The molecule has 2 aromatic carbocycles. The van der Waals surface area contributed by atoms with E-state index >= 15 is 17.6 Å². The molecule has 0 aliphatic carbocycles. The number of unbranched alkanes of at least 4 members (excludes halogenated alkanes) is 10. The summed E-state index contributed by atoms with van der Waals surface area (Å²) in [5.74, 6) is -2.20. The second-order valence-electron chi connectivity index (χ2n) is 10.0. The molecule has 6 heteroatoms. The lowest BCUT2D eigenvalue weighted by Crippen LogP contribution is -2.02. The van der Waals surface area contributed by atoms with Crippen LogP contribution in [0.25, 0.3) is 32.8 Å². The number of aromatic nitrogens is 2. The molecule has 0 N–H and O–H groups in total. The first-order valence-electron chi connectivity index (χ1n) is 13.8. The SMILES string of the molecule is CCCCCCCCn1c2c(F)ccc(F)c2c2c1c1c(F)ccc(F)c1n2CCCCCCCC. The Morgan fingerprint density at radius 2 is 0.778 bits per heavy atom. The van der Waals surface area contributed by atoms with Crippen LogP contribution in [0.1, 0.15) is 90.9 Å². The van der Waals surface area contributed by atoms with Gasteiger partial charge in [0.1, 0.15) is 23.3 Å². The van der Waals surface area contributed by atoms with Gasteiger partial charge in [0.15, 0.2) is 0 Å². The summed E-state index contributed by atoms with van der Waals surface area (Å²) < 4.78 is 64.4. The fraction of sp³-hybridized carbons (Fsp3) is 0.533. The minimum absolute atomic E-state index is 0.122. The molecule has 0 atom stereocenters. The minimum atomic E-state index is -0.564. The Hall–Kier alpha value is -2.50. The van der Waals surface area contributed by atoms with Gasteiger partial charge in [0.2, 0.25) is 0 Å². The van der Waals surface area contributed by atoms with Crippen LogP contribution in [-0.4, -0.2) is 9.13 Å². The van der Waals surface area contributed by atoms with Crippen LogP contribution in [0.3, 0.4) is 0 Å². The van der Waals surface area contributed by atoms with E-state index in [9.17, 15) is 0 Å². The fourth-order valence-electron chi connectivity index (χ4n) is 5.59. The number of rotatable bonds is 14. The van der Waals surface area contributed by atoms with E-state index < -0.39 is 23.3 Å². The van der Waals surface area contributed by atoms with E-state index in [1.807, 2.05) is 0 Å². The average Bonchev–Trinajstić information content (AvgIpc) is 3.38. The molecule has 0 saturated carbocycles. The third-order valence-corrected chi connectivity index (χ3v) is 7.40. The van der Waals surface area contributed by atoms with Crippen LogP contribution in [0.5, 0.6) is 0 Å². The fourth-order valence-corrected chi connectivity index (χ4v) is 5.59. The van der Waals surface area contributed by atoms with E-state index in [2.05, 4.69) is 13.8 Å². The highest BCUT2D eigenvalue weighted by Crippen LogP contribution is 2.41. The van der Waals surface area contributed by atoms with E-state index in [1.165, 1.54) is 12.8 Å². The minimum Gasteiger partial charge on any atom is -0.336 e. The summed E-state index contributed by atoms with van der Waals surface area (Å²) in [6, 6.07) is 4.49. The molecule has 0 saturated heterocycles. The molecule has 2 aromatic heterocycles. The average molecular weight is 503 g/mol. The molecule has 0 bridgehead atoms. The van der Waals surface area contributed by atoms with Crippen molar-refractivity contribution in [2.24, 2.45) is 0 Å². The smallest absolute Gasteiger partial charge is 0.147 e. The first kappa shape index (κ1) is 26.6. The first-order valence-corrected chi connectivity index (χ1v) is 13.8. The van der Waals surface area contributed by atoms with Crippen molar-refractivity contribution in [2.75, 3.05) is 0 Å². The second-order valence-corrected chi connectivity index (χ2v) is 10.0. The molecule has 0 spiro atoms. The maximum absolute atomic E-state index is 15.3. The van der Waals surface area contributed by atoms with Crippen LogP contribution in [0.2, 0.25) is 0 Å². The van der Waals surface area contributed by atoms with Gasteiger partial charge in [-0.15, -0.1) is 0 Å². The zero-order chi connectivity index (χ0) is 25.7. The predicted molar refractivity (Wildman–Crippen MR) is 142 cm³/mol. The molecule has 36 heavy (non-hydrogen) atoms. The highest BCUT2D eigenvalue weighted by molar-refractivity contribution is 6.18. The van der Waals surface area contributed by atoms with Crippen molar-refractivity contribution in [3.8, 4) is 0 Å². The standard InChI is InChI=1S/C30H38F4N2/c1-3-5-7-9-11-13-19-35-27-23(33)17-15-21(31)25(27)30-29(35)26-22(32)16-18-24(34)28(26)36(30)20-14-12-10-8-6-4-2/h15-18H,3-14,19-20H2,1-2H3. The van der Waals surface area contributed by atoms with Gasteiger partial charge in [-0.25, -0.2) is 17.6 Å². The van der Waals surface area contributed by atoms with Gasteiger partial charge < -0.3 is 9.13 Å². The van der Waals surface area contributed by atoms with E-state index in [4.69, 9.17) is 0 Å². The lowest BCUT2D eigenvalue weighted by molar-refractivity contribution is 0.562. The molecule has 0 radical (unpaired) electrons. The van der Waals surface area contributed by atoms with Gasteiger partial charge in [-0.2, -0.15) is 0 Å². The first-order chi connectivity index (χ1) is 17.5. The summed E-state index contributed by atoms with van der Waals surface area (Å²) in [7, 11) is 0. The molecule has 2 heterocycles. The number of hydrogen-bond acceptors (Lipinski definition) is 0. The van der Waals surface area contributed by atoms with Crippen LogP contribution in [0.15, 0.2) is 24.3 Å². The Labute approximate surface area is 211 Å². The molecule has 4 aromatic rings. The molecular formula is C30H38F4N2. The van der Waals surface area contributed by atoms with Crippen molar-refractivity contribution in [3.63, 3.8) is 0 Å². The van der Waals surface area contributed by atoms with Gasteiger partial charge in [-0.3, -0.25) is 0 Å². The van der Waals surface area contributed by atoms with E-state index in [1.54, 1.807) is 9.13 Å². The van der Waals surface area contributed by atoms with Crippen molar-refractivity contribution in [3.05, 3.63) is 47.5 Å². The number of nitrogens with zero attached hydrogens (tertiary/aromatic N) is 2. The Balaban J connectivity index is 1.84. The van der Waals surface area contributed by atoms with Crippen LogP contribution in [0.4, 0.5) is 17.6 Å². The molecule has 0 aliphatic heterocycles. The van der Waals surface area contributed by atoms with Crippen molar-refractivity contribution in [2.45, 2.75) is 104 Å². The van der Waals surface area contributed by atoms with Crippen LogP contribution >= 0.6 is 0 Å². The normalized spacial score (nSPS) is 12.1. The maximum Gasteiger partial charge on any atom is 0.147 e. The Morgan fingerprint density at radius 3 is 1.17 bits per heavy atom. The molecule has 0 fully saturated rings. The van der Waals surface area contributed by atoms with Gasteiger partial charge in [-0.05, 0) is 37.1 Å². The Bertz CT molecular complexity index is 1220. The summed E-state index contributed by atoms with van der Waals surface area (Å²) in [4.78, 5) is 0. The number of hydrogen-bond donors (Lipinski definition) is 0. The zero-order valence-electron chi connectivity index (χ0n) is 21.6. The van der Waals surface area contributed by atoms with Gasteiger partial charge in [0.05, 0.1) is 32.8 Å². The molecular weight excluding hydrogens is 464 g/mol. The zero-order valence-corrected chi connectivity index (χ0v) is 21.6. The number of fused-ring (bicyclic) bond motifs is 5. The summed E-state index contributed by atoms with van der Waals surface area (Å²) in [6.07, 6.45) is 12.5. The lowest BCUT2D eigenvalue weighted by Gasteiger charge is -2.10. The maximum atomic E-state index is 15.3. The van der Waals surface area contributed by atoms with Gasteiger partial charge >= 0.3 is 0 Å². The second kappa shape index (κ2) is 12.2. The monoisotopic (exact) mass is 502 g/mol. The third-order valence-electron chi connectivity index (χ3n) is 7.40. The molecule has 0 aliphatic rings. The molecule has 0 unspecified atom stereocenters. The quantitative estimate of drug-likeness (QED) is 0.120. The van der Waals surface area contributed by atoms with E-state index in [0.29, 0.717) is 24.1 Å². The molecule has 2 nitrogen and oxygen atoms in total. The third kappa shape index (κ3) is 5.14. The highest BCUT2D eigenvalue weighted by Gasteiger charge is 2.27. The van der Waals surface area contributed by atoms with Gasteiger partial charge in [-0.1, -0.05) is 78.1 Å². The highest BCUT2D eigenvalue weighted by atomic mass is 19.1. The van der Waals surface area contributed by atoms with E-state index in [0.717, 1.165) is 88.5 Å². The van der Waals surface area contributed by atoms with Crippen molar-refractivity contribution in [1.82, 2.24) is 9.13 Å². The van der Waals surface area contributed by atoms with Crippen LogP contribution < -0.4 is 0 Å². The summed E-state index contributed by atoms with van der Waals surface area (Å²) in [6.45, 7) is 5.18. The Kier molecular flexibility index (Phi) is 8.97. The summed E-state index contributed by atoms with van der Waals surface area (Å²) >= 11 is 0. The van der Waals surface area contributed by atoms with E-state index in [-0.39, 0.29) is 21.8 Å². The number of halogens is 4. The molecule has 4 rings (SSSR count). The van der Waals surface area contributed by atoms with Crippen molar-refractivity contribution in [1.29, 1.82) is 0 Å². The molecule has 0 amide bonds. The predicted octanol–water partition coefficient (Wildman–Crippen LogP) is 10.0. The Morgan fingerprint density at radius 1 is 0.444 bits per heavy atom. The van der Waals surface area contributed by atoms with Gasteiger partial charge in [0.25, 0.3) is 0 Å². The van der Waals surface area contributed by atoms with Crippen LogP contribution in [0, 0.1) is 23.3 Å². The number of benzene rings is 2. The van der Waals surface area contributed by atoms with Gasteiger partial charge in [0, 0.05) is 13.1 Å². The largest absolute Gasteiger partial charge is 0.336 e. The van der Waals surface area contributed by atoms with Crippen molar-refractivity contribution >= 4 is 32.8 Å². The number of aryl methyl sites for hydroxylation is 2. The van der Waals surface area contributed by atoms with Crippen molar-refractivity contribution < 1.29 is 17.6 Å². The summed E-state index contributed by atoms with van der Waals surface area (Å²) in [5, 5.41) is 0.244. The lowest BCUT2D eigenvalue weighted by atomic mass is 10.1. The summed E-state index contributed by atoms with van der Waals surface area (Å²) in [5.41, 5.74) is 1.10. The topological polar surface area (TPSA) is 9.86 Å². The van der Waals surface area contributed by atoms with Crippen LogP contribution in [-0.2, 0) is 13.1 Å².